The van der Waals surface area contributed by atoms with Crippen LogP contribution in [0, 0.1) is 6.92 Å². The second-order valence-corrected chi connectivity index (χ2v) is 9.21. The smallest absolute Gasteiger partial charge is 0.247 e. The first kappa shape index (κ1) is 22.4. The quantitative estimate of drug-likeness (QED) is 0.370. The Bertz CT molecular complexity index is 1510. The van der Waals surface area contributed by atoms with Gasteiger partial charge in [-0.05, 0) is 62.7 Å². The van der Waals surface area contributed by atoms with Gasteiger partial charge in [-0.15, -0.1) is 10.2 Å². The molecule has 4 aromatic heterocycles. The first-order valence-electron chi connectivity index (χ1n) is 12.1. The summed E-state index contributed by atoms with van der Waals surface area (Å²) in [5, 5.41) is 17.5. The Morgan fingerprint density at radius 2 is 2.06 bits per heavy atom. The summed E-state index contributed by atoms with van der Waals surface area (Å²) < 4.78 is 11.5. The predicted octanol–water partition coefficient (Wildman–Crippen LogP) is 4.77. The fourth-order valence-electron chi connectivity index (χ4n) is 4.87. The summed E-state index contributed by atoms with van der Waals surface area (Å²) in [6, 6.07) is 15.9. The first-order valence-corrected chi connectivity index (χ1v) is 12.1. The summed E-state index contributed by atoms with van der Waals surface area (Å²) in [6.45, 7) is 4.62. The molecule has 0 radical (unpaired) electrons. The lowest BCUT2D eigenvalue weighted by molar-refractivity contribution is 0.184. The van der Waals surface area contributed by atoms with E-state index in [1.165, 1.54) is 0 Å². The molecule has 182 valence electrons. The van der Waals surface area contributed by atoms with Crippen molar-refractivity contribution in [2.24, 2.45) is 0 Å². The minimum absolute atomic E-state index is 0.193. The van der Waals surface area contributed by atoms with Crippen molar-refractivity contribution < 1.29 is 9.15 Å². The molecule has 1 aromatic carbocycles. The van der Waals surface area contributed by atoms with Crippen LogP contribution in [0.2, 0.25) is 0 Å². The second kappa shape index (κ2) is 9.50. The molecule has 1 aliphatic heterocycles. The maximum Gasteiger partial charge on any atom is 0.247 e. The van der Waals surface area contributed by atoms with Crippen molar-refractivity contribution in [3.8, 4) is 28.6 Å². The molecule has 9 heteroatoms. The van der Waals surface area contributed by atoms with E-state index in [0.29, 0.717) is 17.7 Å². The van der Waals surface area contributed by atoms with Crippen molar-refractivity contribution >= 4 is 10.9 Å². The molecule has 1 N–H and O–H groups in total. The zero-order valence-corrected chi connectivity index (χ0v) is 20.3. The van der Waals surface area contributed by atoms with Gasteiger partial charge in [0.05, 0.1) is 24.2 Å². The van der Waals surface area contributed by atoms with Crippen molar-refractivity contribution in [2.75, 3.05) is 20.2 Å². The number of aromatic nitrogens is 6. The third-order valence-corrected chi connectivity index (χ3v) is 6.65. The van der Waals surface area contributed by atoms with Crippen molar-refractivity contribution in [2.45, 2.75) is 32.2 Å². The summed E-state index contributed by atoms with van der Waals surface area (Å²) >= 11 is 0. The highest BCUT2D eigenvalue weighted by Crippen LogP contribution is 2.32. The van der Waals surface area contributed by atoms with Gasteiger partial charge in [-0.2, -0.15) is 5.10 Å². The Morgan fingerprint density at radius 3 is 2.94 bits per heavy atom. The number of aryl methyl sites for hydroxylation is 1. The summed E-state index contributed by atoms with van der Waals surface area (Å²) in [6.07, 6.45) is 3.90. The SMILES string of the molecule is COc1cccc(CN2CCC[C@@H](c3nnc(-c4ccc5[nH]nc(-c6ccnc(C)c6)c5c4)o3)C2)n1. The number of fused-ring (bicyclic) bond motifs is 1. The molecule has 5 aromatic rings. The maximum atomic E-state index is 6.21. The summed E-state index contributed by atoms with van der Waals surface area (Å²) in [5.74, 6) is 2.04. The number of piperidine rings is 1. The number of H-pyrrole nitrogens is 1. The molecule has 0 amide bonds. The molecular weight excluding hydrogens is 454 g/mol. The number of rotatable bonds is 6. The zero-order valence-electron chi connectivity index (χ0n) is 20.3. The van der Waals surface area contributed by atoms with Gasteiger partial charge in [0.15, 0.2) is 0 Å². The summed E-state index contributed by atoms with van der Waals surface area (Å²) in [5.41, 5.74) is 5.68. The van der Waals surface area contributed by atoms with Crippen LogP contribution in [0.25, 0.3) is 33.6 Å². The van der Waals surface area contributed by atoms with E-state index in [4.69, 9.17) is 9.15 Å². The van der Waals surface area contributed by atoms with E-state index < -0.39 is 0 Å². The summed E-state index contributed by atoms with van der Waals surface area (Å²) in [7, 11) is 1.64. The molecule has 0 spiro atoms. The van der Waals surface area contributed by atoms with E-state index in [2.05, 4.69) is 41.3 Å². The highest BCUT2D eigenvalue weighted by molar-refractivity contribution is 5.95. The molecule has 0 unspecified atom stereocenters. The molecule has 6 rings (SSSR count). The standard InChI is InChI=1S/C27H27N7O2/c1-17-13-18(10-11-28-17)25-22-14-19(8-9-23(22)30-31-25)26-32-33-27(36-26)20-5-4-12-34(15-20)16-21-6-3-7-24(29-21)35-2/h3,6-11,13-14,20H,4-5,12,15-16H2,1-2H3,(H,30,31)/t20-/m1/s1. The lowest BCUT2D eigenvalue weighted by atomic mass is 9.98. The Hall–Kier alpha value is -4.11. The van der Waals surface area contributed by atoms with Gasteiger partial charge in [0, 0.05) is 47.6 Å². The number of nitrogens with zero attached hydrogens (tertiary/aromatic N) is 6. The molecule has 0 bridgehead atoms. The minimum Gasteiger partial charge on any atom is -0.481 e. The van der Waals surface area contributed by atoms with Crippen LogP contribution in [0.5, 0.6) is 5.88 Å². The Morgan fingerprint density at radius 1 is 1.11 bits per heavy atom. The van der Waals surface area contributed by atoms with Crippen LogP contribution in [-0.2, 0) is 6.54 Å². The number of aromatic amines is 1. The molecule has 9 nitrogen and oxygen atoms in total. The van der Waals surface area contributed by atoms with Crippen molar-refractivity contribution in [1.29, 1.82) is 0 Å². The van der Waals surface area contributed by atoms with Crippen LogP contribution in [0.4, 0.5) is 0 Å². The molecule has 1 atom stereocenters. The molecule has 36 heavy (non-hydrogen) atoms. The molecule has 0 aliphatic carbocycles. The highest BCUT2D eigenvalue weighted by atomic mass is 16.5. The second-order valence-electron chi connectivity index (χ2n) is 9.21. The zero-order chi connectivity index (χ0) is 24.5. The van der Waals surface area contributed by atoms with Gasteiger partial charge in [0.1, 0.15) is 5.69 Å². The van der Waals surface area contributed by atoms with Gasteiger partial charge in [-0.1, -0.05) is 6.07 Å². The molecule has 1 saturated heterocycles. The lowest BCUT2D eigenvalue weighted by Crippen LogP contribution is -2.34. The Labute approximate surface area is 208 Å². The van der Waals surface area contributed by atoms with Gasteiger partial charge < -0.3 is 9.15 Å². The third-order valence-electron chi connectivity index (χ3n) is 6.65. The van der Waals surface area contributed by atoms with Crippen molar-refractivity contribution in [1.82, 2.24) is 35.3 Å². The van der Waals surface area contributed by atoms with Crippen molar-refractivity contribution in [3.63, 3.8) is 0 Å². The van der Waals surface area contributed by atoms with Crippen molar-refractivity contribution in [3.05, 3.63) is 72.0 Å². The molecule has 1 aliphatic rings. The van der Waals surface area contributed by atoms with E-state index in [0.717, 1.165) is 71.6 Å². The average Bonchev–Trinajstić information content (AvgIpc) is 3.56. The average molecular weight is 482 g/mol. The van der Waals surface area contributed by atoms with Crippen LogP contribution in [0.15, 0.2) is 59.1 Å². The molecular formula is C27H27N7O2. The van der Waals surface area contributed by atoms with Gasteiger partial charge in [0.25, 0.3) is 0 Å². The van der Waals surface area contributed by atoms with Gasteiger partial charge in [-0.3, -0.25) is 15.0 Å². The van der Waals surface area contributed by atoms with Crippen LogP contribution in [0.1, 0.15) is 36.0 Å². The fraction of sp³-hybridized carbons (Fsp3) is 0.296. The largest absolute Gasteiger partial charge is 0.481 e. The Kier molecular flexibility index (Phi) is 5.90. The highest BCUT2D eigenvalue weighted by Gasteiger charge is 2.26. The molecule has 5 heterocycles. The van der Waals surface area contributed by atoms with E-state index in [1.807, 2.05) is 49.4 Å². The van der Waals surface area contributed by atoms with Gasteiger partial charge in [0.2, 0.25) is 17.7 Å². The molecule has 1 fully saturated rings. The maximum absolute atomic E-state index is 6.21. The number of pyridine rings is 2. The summed E-state index contributed by atoms with van der Waals surface area (Å²) in [4.78, 5) is 11.2. The Balaban J connectivity index is 1.22. The number of methoxy groups -OCH3 is 1. The minimum atomic E-state index is 0.193. The van der Waals surface area contributed by atoms with E-state index in [9.17, 15) is 0 Å². The number of hydrogen-bond acceptors (Lipinski definition) is 8. The lowest BCUT2D eigenvalue weighted by Gasteiger charge is -2.30. The predicted molar refractivity (Wildman–Crippen MR) is 135 cm³/mol. The number of likely N-dealkylation sites (tertiary alicyclic amines) is 1. The number of nitrogens with one attached hydrogen (secondary N) is 1. The topological polar surface area (TPSA) is 106 Å². The van der Waals surface area contributed by atoms with Gasteiger partial charge >= 0.3 is 0 Å². The van der Waals surface area contributed by atoms with Gasteiger partial charge in [-0.25, -0.2) is 4.98 Å². The van der Waals surface area contributed by atoms with E-state index in [1.54, 1.807) is 13.3 Å². The van der Waals surface area contributed by atoms with Crippen LogP contribution < -0.4 is 4.74 Å². The monoisotopic (exact) mass is 481 g/mol. The number of benzene rings is 1. The van der Waals surface area contributed by atoms with Crippen LogP contribution in [0.3, 0.4) is 0 Å². The third kappa shape index (κ3) is 4.45. The fourth-order valence-corrected chi connectivity index (χ4v) is 4.87. The normalized spacial score (nSPS) is 16.4. The van der Waals surface area contributed by atoms with Crippen LogP contribution in [-0.4, -0.2) is 55.5 Å². The number of hydrogen-bond donors (Lipinski definition) is 1. The first-order chi connectivity index (χ1) is 17.7. The number of ether oxygens (including phenoxy) is 1. The van der Waals surface area contributed by atoms with E-state index >= 15 is 0 Å². The van der Waals surface area contributed by atoms with Crippen LogP contribution >= 0.6 is 0 Å². The van der Waals surface area contributed by atoms with E-state index in [-0.39, 0.29) is 5.92 Å². The molecule has 0 saturated carbocycles.